The SMILES string of the molecule is CC(C(=O)NCCC1=CCCCC1)N1CCCCCC1. The van der Waals surface area contributed by atoms with Crippen molar-refractivity contribution in [3.8, 4) is 0 Å². The molecule has 0 aromatic heterocycles. The highest BCUT2D eigenvalue weighted by atomic mass is 16.2. The van der Waals surface area contributed by atoms with Crippen molar-refractivity contribution in [2.24, 2.45) is 0 Å². The maximum absolute atomic E-state index is 12.2. The fourth-order valence-electron chi connectivity index (χ4n) is 3.27. The summed E-state index contributed by atoms with van der Waals surface area (Å²) >= 11 is 0. The second kappa shape index (κ2) is 8.46. The van der Waals surface area contributed by atoms with Gasteiger partial charge in [-0.1, -0.05) is 24.5 Å². The van der Waals surface area contributed by atoms with E-state index in [1.54, 1.807) is 5.57 Å². The number of carbonyl (C=O) groups is 1. The van der Waals surface area contributed by atoms with Gasteiger partial charge in [-0.2, -0.15) is 0 Å². The summed E-state index contributed by atoms with van der Waals surface area (Å²) in [5, 5.41) is 3.13. The average Bonchev–Trinajstić information content (AvgIpc) is 2.76. The van der Waals surface area contributed by atoms with Gasteiger partial charge < -0.3 is 5.32 Å². The molecular formula is C17H30N2O. The molecule has 0 radical (unpaired) electrons. The summed E-state index contributed by atoms with van der Waals surface area (Å²) in [4.78, 5) is 14.6. The zero-order valence-corrected chi connectivity index (χ0v) is 13.0. The van der Waals surface area contributed by atoms with Crippen molar-refractivity contribution in [3.63, 3.8) is 0 Å². The lowest BCUT2D eigenvalue weighted by atomic mass is 9.97. The summed E-state index contributed by atoms with van der Waals surface area (Å²) in [6.07, 6.45) is 13.6. The van der Waals surface area contributed by atoms with Gasteiger partial charge in [-0.25, -0.2) is 0 Å². The molecular weight excluding hydrogens is 248 g/mol. The van der Waals surface area contributed by atoms with E-state index in [9.17, 15) is 4.79 Å². The van der Waals surface area contributed by atoms with Crippen LogP contribution in [-0.4, -0.2) is 36.5 Å². The topological polar surface area (TPSA) is 32.3 Å². The van der Waals surface area contributed by atoms with Gasteiger partial charge in [-0.15, -0.1) is 0 Å². The monoisotopic (exact) mass is 278 g/mol. The Morgan fingerprint density at radius 3 is 2.60 bits per heavy atom. The van der Waals surface area contributed by atoms with Gasteiger partial charge in [0.05, 0.1) is 6.04 Å². The molecule has 3 nitrogen and oxygen atoms in total. The molecule has 1 unspecified atom stereocenters. The van der Waals surface area contributed by atoms with Crippen LogP contribution in [0, 0.1) is 0 Å². The predicted octanol–water partition coefficient (Wildman–Crippen LogP) is 3.26. The van der Waals surface area contributed by atoms with E-state index in [0.717, 1.165) is 26.1 Å². The molecule has 1 aliphatic carbocycles. The quantitative estimate of drug-likeness (QED) is 0.783. The van der Waals surface area contributed by atoms with Crippen LogP contribution in [0.5, 0.6) is 0 Å². The van der Waals surface area contributed by atoms with Crippen molar-refractivity contribution in [1.29, 1.82) is 0 Å². The van der Waals surface area contributed by atoms with Crippen LogP contribution in [0.1, 0.15) is 64.7 Å². The number of carbonyl (C=O) groups excluding carboxylic acids is 1. The molecule has 114 valence electrons. The molecule has 2 aliphatic rings. The Labute approximate surface area is 123 Å². The molecule has 0 aromatic rings. The third-order valence-electron chi connectivity index (χ3n) is 4.70. The van der Waals surface area contributed by atoms with Crippen molar-refractivity contribution in [2.45, 2.75) is 70.8 Å². The van der Waals surface area contributed by atoms with E-state index in [1.807, 2.05) is 0 Å². The van der Waals surface area contributed by atoms with Crippen LogP contribution in [0.4, 0.5) is 0 Å². The fraction of sp³-hybridized carbons (Fsp3) is 0.824. The summed E-state index contributed by atoms with van der Waals surface area (Å²) in [6.45, 7) is 5.03. The van der Waals surface area contributed by atoms with E-state index >= 15 is 0 Å². The van der Waals surface area contributed by atoms with E-state index in [4.69, 9.17) is 0 Å². The van der Waals surface area contributed by atoms with Crippen LogP contribution >= 0.6 is 0 Å². The zero-order valence-electron chi connectivity index (χ0n) is 13.0. The summed E-state index contributed by atoms with van der Waals surface area (Å²) < 4.78 is 0. The molecule has 1 N–H and O–H groups in total. The molecule has 0 aromatic carbocycles. The lowest BCUT2D eigenvalue weighted by molar-refractivity contribution is -0.125. The maximum Gasteiger partial charge on any atom is 0.237 e. The first-order valence-corrected chi connectivity index (χ1v) is 8.47. The molecule has 1 heterocycles. The zero-order chi connectivity index (χ0) is 14.2. The number of likely N-dealkylation sites (tertiary alicyclic amines) is 1. The van der Waals surface area contributed by atoms with Crippen molar-refractivity contribution in [3.05, 3.63) is 11.6 Å². The lowest BCUT2D eigenvalue weighted by Gasteiger charge is -2.26. The van der Waals surface area contributed by atoms with Crippen molar-refractivity contribution in [1.82, 2.24) is 10.2 Å². The number of nitrogens with one attached hydrogen (secondary N) is 1. The Hall–Kier alpha value is -0.830. The van der Waals surface area contributed by atoms with Gasteiger partial charge in [0.2, 0.25) is 5.91 Å². The van der Waals surface area contributed by atoms with E-state index in [0.29, 0.717) is 0 Å². The minimum Gasteiger partial charge on any atom is -0.354 e. The largest absolute Gasteiger partial charge is 0.354 e. The second-order valence-corrected chi connectivity index (χ2v) is 6.28. The number of hydrogen-bond donors (Lipinski definition) is 1. The van der Waals surface area contributed by atoms with E-state index in [-0.39, 0.29) is 11.9 Å². The molecule has 1 amide bonds. The molecule has 0 spiro atoms. The minimum absolute atomic E-state index is 0.0356. The van der Waals surface area contributed by atoms with E-state index in [1.165, 1.54) is 51.4 Å². The number of rotatable bonds is 5. The first-order valence-electron chi connectivity index (χ1n) is 8.47. The molecule has 3 heteroatoms. The van der Waals surface area contributed by atoms with Gasteiger partial charge >= 0.3 is 0 Å². The normalized spacial score (nSPS) is 22.8. The molecule has 1 aliphatic heterocycles. The first kappa shape index (κ1) is 15.6. The highest BCUT2D eigenvalue weighted by Gasteiger charge is 2.21. The van der Waals surface area contributed by atoms with Crippen molar-refractivity contribution < 1.29 is 4.79 Å². The molecule has 0 bridgehead atoms. The van der Waals surface area contributed by atoms with Crippen LogP contribution in [-0.2, 0) is 4.79 Å². The average molecular weight is 278 g/mol. The predicted molar refractivity (Wildman–Crippen MR) is 83.7 cm³/mol. The van der Waals surface area contributed by atoms with Crippen molar-refractivity contribution in [2.75, 3.05) is 19.6 Å². The van der Waals surface area contributed by atoms with Crippen molar-refractivity contribution >= 4 is 5.91 Å². The molecule has 1 atom stereocenters. The van der Waals surface area contributed by atoms with Gasteiger partial charge in [0.25, 0.3) is 0 Å². The molecule has 20 heavy (non-hydrogen) atoms. The van der Waals surface area contributed by atoms with Crippen LogP contribution in [0.3, 0.4) is 0 Å². The van der Waals surface area contributed by atoms with Gasteiger partial charge in [-0.3, -0.25) is 9.69 Å². The molecule has 1 saturated heterocycles. The second-order valence-electron chi connectivity index (χ2n) is 6.28. The smallest absolute Gasteiger partial charge is 0.237 e. The number of nitrogens with zero attached hydrogens (tertiary/aromatic N) is 1. The number of amides is 1. The Morgan fingerprint density at radius 1 is 1.20 bits per heavy atom. The van der Waals surface area contributed by atoms with Crippen LogP contribution in [0.25, 0.3) is 0 Å². The molecule has 0 saturated carbocycles. The summed E-state index contributed by atoms with van der Waals surface area (Å²) in [6, 6.07) is 0.0356. The number of allylic oxidation sites excluding steroid dienone is 1. The van der Waals surface area contributed by atoms with Crippen LogP contribution in [0.15, 0.2) is 11.6 Å². The van der Waals surface area contributed by atoms with Gasteiger partial charge in [-0.05, 0) is 65.0 Å². The first-order chi connectivity index (χ1) is 9.77. The summed E-state index contributed by atoms with van der Waals surface area (Å²) in [5.74, 6) is 0.211. The maximum atomic E-state index is 12.2. The highest BCUT2D eigenvalue weighted by molar-refractivity contribution is 5.81. The summed E-state index contributed by atoms with van der Waals surface area (Å²) in [5.41, 5.74) is 1.54. The van der Waals surface area contributed by atoms with Crippen LogP contribution < -0.4 is 5.32 Å². The molecule has 2 rings (SSSR count). The van der Waals surface area contributed by atoms with Gasteiger partial charge in [0.1, 0.15) is 0 Å². The Morgan fingerprint density at radius 2 is 1.95 bits per heavy atom. The Kier molecular flexibility index (Phi) is 6.58. The standard InChI is InChI=1S/C17H30N2O/c1-15(19-13-7-2-3-8-14-19)17(20)18-12-11-16-9-5-4-6-10-16/h9,15H,2-8,10-14H2,1H3,(H,18,20). The lowest BCUT2D eigenvalue weighted by Crippen LogP contribution is -2.45. The van der Waals surface area contributed by atoms with Gasteiger partial charge in [0, 0.05) is 6.54 Å². The van der Waals surface area contributed by atoms with E-state index < -0.39 is 0 Å². The third kappa shape index (κ3) is 4.93. The Balaban J connectivity index is 1.68. The molecule has 1 fully saturated rings. The Bertz CT molecular complexity index is 330. The van der Waals surface area contributed by atoms with E-state index in [2.05, 4.69) is 23.2 Å². The van der Waals surface area contributed by atoms with Crippen LogP contribution in [0.2, 0.25) is 0 Å². The number of hydrogen-bond acceptors (Lipinski definition) is 2. The third-order valence-corrected chi connectivity index (χ3v) is 4.70. The minimum atomic E-state index is 0.0356. The highest BCUT2D eigenvalue weighted by Crippen LogP contribution is 2.19. The fourth-order valence-corrected chi connectivity index (χ4v) is 3.27. The summed E-state index contributed by atoms with van der Waals surface area (Å²) in [7, 11) is 0. The van der Waals surface area contributed by atoms with Gasteiger partial charge in [0.15, 0.2) is 0 Å².